The highest BCUT2D eigenvalue weighted by Gasteiger charge is 2.50. The third-order valence-electron chi connectivity index (χ3n) is 7.09. The normalized spacial score (nSPS) is 21.4. The van der Waals surface area contributed by atoms with Crippen LogP contribution in [-0.4, -0.2) is 74.9 Å². The van der Waals surface area contributed by atoms with Crippen LogP contribution >= 0.6 is 0 Å². The van der Waals surface area contributed by atoms with Gasteiger partial charge in [-0.15, -0.1) is 0 Å². The van der Waals surface area contributed by atoms with E-state index in [1.165, 1.54) is 0 Å². The van der Waals surface area contributed by atoms with Crippen molar-refractivity contribution in [1.29, 1.82) is 0 Å². The molecule has 9 nitrogen and oxygen atoms in total. The first-order valence-electron chi connectivity index (χ1n) is 12.1. The van der Waals surface area contributed by atoms with E-state index < -0.39 is 17.3 Å². The maximum atomic E-state index is 13.4. The van der Waals surface area contributed by atoms with Gasteiger partial charge in [0, 0.05) is 36.0 Å². The molecule has 11 heteroatoms. The second-order valence-electron chi connectivity index (χ2n) is 9.85. The van der Waals surface area contributed by atoms with Crippen LogP contribution in [0.1, 0.15) is 39.9 Å². The highest BCUT2D eigenvalue weighted by molar-refractivity contribution is 6.43. The number of nitrogens with zero attached hydrogens (tertiary/aromatic N) is 2. The molecule has 0 aliphatic carbocycles. The lowest BCUT2D eigenvalue weighted by Crippen LogP contribution is -2.59. The number of ether oxygens (including phenoxy) is 2. The topological polar surface area (TPSA) is 105 Å². The van der Waals surface area contributed by atoms with Crippen molar-refractivity contribution in [2.24, 2.45) is 0 Å². The first-order valence-corrected chi connectivity index (χ1v) is 12.1. The number of fused-ring (bicyclic) bond motifs is 1. The van der Waals surface area contributed by atoms with E-state index in [-0.39, 0.29) is 30.7 Å². The molecule has 1 atom stereocenters. The van der Waals surface area contributed by atoms with Crippen molar-refractivity contribution in [1.82, 2.24) is 15.1 Å². The molecule has 3 heterocycles. The highest BCUT2D eigenvalue weighted by atomic mass is 16.5. The third-order valence-corrected chi connectivity index (χ3v) is 7.09. The van der Waals surface area contributed by atoms with Gasteiger partial charge in [0.1, 0.15) is 40.7 Å². The Morgan fingerprint density at radius 2 is 1.81 bits per heavy atom. The lowest BCUT2D eigenvalue weighted by atomic mass is 9.57. The molecule has 36 heavy (non-hydrogen) atoms. The molecule has 0 spiro atoms. The fourth-order valence-electron chi connectivity index (χ4n) is 5.26. The monoisotopic (exact) mass is 487 g/mol. The third kappa shape index (κ3) is 4.39. The van der Waals surface area contributed by atoms with Crippen molar-refractivity contribution in [2.45, 2.75) is 37.4 Å². The van der Waals surface area contributed by atoms with Gasteiger partial charge in [-0.2, -0.15) is 0 Å². The second-order valence-corrected chi connectivity index (χ2v) is 9.85. The van der Waals surface area contributed by atoms with Gasteiger partial charge in [-0.25, -0.2) is 0 Å². The SMILES string of the molecule is BC1(B)c2c(OCc3ccc(CN4CCOCC4=O)cc3)cccc2C(=O)N1C1CCC(=O)NC1=O. The standard InChI is InChI=1S/C25H27B2N3O6/c26-25(27)22-17(24(34)30(25)18-8-9-20(31)28-23(18)33)2-1-3-19(22)36-13-16-6-4-15(5-7-16)12-29-10-11-35-14-21(29)32/h1-7,18H,8-14,26-27H2,(H,28,31,33). The summed E-state index contributed by atoms with van der Waals surface area (Å²) in [4.78, 5) is 52.9. The number of benzene rings is 2. The van der Waals surface area contributed by atoms with E-state index in [0.717, 1.165) is 16.7 Å². The van der Waals surface area contributed by atoms with Crippen molar-refractivity contribution in [3.8, 4) is 5.75 Å². The maximum Gasteiger partial charge on any atom is 0.254 e. The Labute approximate surface area is 210 Å². The molecule has 2 fully saturated rings. The number of amides is 4. The molecule has 0 bridgehead atoms. The van der Waals surface area contributed by atoms with Gasteiger partial charge < -0.3 is 19.3 Å². The van der Waals surface area contributed by atoms with Gasteiger partial charge in [0.25, 0.3) is 5.91 Å². The first kappa shape index (κ1) is 24.1. The summed E-state index contributed by atoms with van der Waals surface area (Å²) in [6, 6.07) is 12.5. The Balaban J connectivity index is 1.30. The van der Waals surface area contributed by atoms with Crippen LogP contribution in [0.15, 0.2) is 42.5 Å². The molecule has 1 unspecified atom stereocenters. The molecule has 0 saturated carbocycles. The fourth-order valence-corrected chi connectivity index (χ4v) is 5.26. The van der Waals surface area contributed by atoms with Crippen LogP contribution in [0.3, 0.4) is 0 Å². The summed E-state index contributed by atoms with van der Waals surface area (Å²) in [5, 5.41) is 1.56. The van der Waals surface area contributed by atoms with Gasteiger partial charge in [0.15, 0.2) is 0 Å². The van der Waals surface area contributed by atoms with Crippen molar-refractivity contribution < 1.29 is 28.7 Å². The van der Waals surface area contributed by atoms with Gasteiger partial charge in [0.05, 0.1) is 6.61 Å². The van der Waals surface area contributed by atoms with Gasteiger partial charge in [-0.1, -0.05) is 30.3 Å². The zero-order valence-corrected chi connectivity index (χ0v) is 20.4. The molecular weight excluding hydrogens is 460 g/mol. The molecule has 5 rings (SSSR count). The van der Waals surface area contributed by atoms with Crippen molar-refractivity contribution >= 4 is 39.3 Å². The quantitative estimate of drug-likeness (QED) is 0.426. The Kier molecular flexibility index (Phi) is 6.34. The lowest BCUT2D eigenvalue weighted by Gasteiger charge is -2.40. The molecule has 0 aromatic heterocycles. The number of hydrogen-bond donors (Lipinski definition) is 1. The number of carbonyl (C=O) groups excluding carboxylic acids is 4. The smallest absolute Gasteiger partial charge is 0.254 e. The Morgan fingerprint density at radius 3 is 2.53 bits per heavy atom. The summed E-state index contributed by atoms with van der Waals surface area (Å²) in [6.07, 6.45) is 0.498. The molecule has 3 aliphatic heterocycles. The van der Waals surface area contributed by atoms with Crippen LogP contribution in [0.25, 0.3) is 0 Å². The molecule has 2 saturated heterocycles. The Bertz CT molecular complexity index is 1230. The summed E-state index contributed by atoms with van der Waals surface area (Å²) in [7, 11) is 3.80. The average Bonchev–Trinajstić information content (AvgIpc) is 3.06. The Morgan fingerprint density at radius 1 is 1.06 bits per heavy atom. The number of nitrogens with one attached hydrogen (secondary N) is 1. The first-order chi connectivity index (χ1) is 17.3. The summed E-state index contributed by atoms with van der Waals surface area (Å²) < 4.78 is 11.4. The second kappa shape index (κ2) is 9.46. The van der Waals surface area contributed by atoms with Gasteiger partial charge in [-0.3, -0.25) is 24.5 Å². The van der Waals surface area contributed by atoms with Gasteiger partial charge in [-0.05, 0) is 29.7 Å². The van der Waals surface area contributed by atoms with Crippen molar-refractivity contribution in [3.63, 3.8) is 0 Å². The molecule has 4 amide bonds. The summed E-state index contributed by atoms with van der Waals surface area (Å²) in [6.45, 7) is 2.12. The van der Waals surface area contributed by atoms with E-state index >= 15 is 0 Å². The fraction of sp³-hybridized carbons (Fsp3) is 0.360. The lowest BCUT2D eigenvalue weighted by molar-refractivity contribution is -0.143. The van der Waals surface area contributed by atoms with E-state index in [9.17, 15) is 19.2 Å². The number of morpholine rings is 1. The molecule has 2 aromatic carbocycles. The predicted octanol–water partition coefficient (Wildman–Crippen LogP) is -0.738. The zero-order chi connectivity index (χ0) is 25.4. The van der Waals surface area contributed by atoms with Crippen molar-refractivity contribution in [3.05, 3.63) is 64.7 Å². The molecule has 2 aromatic rings. The Hall–Kier alpha value is -3.59. The molecule has 1 N–H and O–H groups in total. The number of imide groups is 1. The zero-order valence-electron chi connectivity index (χ0n) is 20.4. The minimum Gasteiger partial charge on any atom is -0.489 e. The van der Waals surface area contributed by atoms with Crippen LogP contribution < -0.4 is 10.1 Å². The van der Waals surface area contributed by atoms with E-state index in [1.807, 2.05) is 46.0 Å². The van der Waals surface area contributed by atoms with Crippen LogP contribution in [0.5, 0.6) is 5.75 Å². The van der Waals surface area contributed by atoms with Crippen molar-refractivity contribution in [2.75, 3.05) is 19.8 Å². The predicted molar refractivity (Wildman–Crippen MR) is 135 cm³/mol. The minimum absolute atomic E-state index is 0.00453. The largest absolute Gasteiger partial charge is 0.489 e. The summed E-state index contributed by atoms with van der Waals surface area (Å²) in [5.41, 5.74) is 3.23. The molecule has 3 aliphatic rings. The number of carbonyl (C=O) groups is 4. The van der Waals surface area contributed by atoms with E-state index in [2.05, 4.69) is 5.32 Å². The van der Waals surface area contributed by atoms with Crippen LogP contribution in [0.4, 0.5) is 0 Å². The van der Waals surface area contributed by atoms with Crippen LogP contribution in [0.2, 0.25) is 0 Å². The summed E-state index contributed by atoms with van der Waals surface area (Å²) >= 11 is 0. The van der Waals surface area contributed by atoms with Gasteiger partial charge in [0.2, 0.25) is 17.7 Å². The summed E-state index contributed by atoms with van der Waals surface area (Å²) in [5.74, 6) is -0.415. The highest BCUT2D eigenvalue weighted by Crippen LogP contribution is 2.42. The molecular formula is C25H27B2N3O6. The van der Waals surface area contributed by atoms with Crippen LogP contribution in [-0.2, 0) is 37.6 Å². The van der Waals surface area contributed by atoms with Crippen LogP contribution in [0, 0.1) is 0 Å². The minimum atomic E-state index is -0.792. The van der Waals surface area contributed by atoms with E-state index in [0.29, 0.717) is 44.0 Å². The molecule has 184 valence electrons. The van der Waals surface area contributed by atoms with E-state index in [4.69, 9.17) is 9.47 Å². The maximum absolute atomic E-state index is 13.4. The molecule has 0 radical (unpaired) electrons. The van der Waals surface area contributed by atoms with Gasteiger partial charge >= 0.3 is 0 Å². The van der Waals surface area contributed by atoms with E-state index in [1.54, 1.807) is 21.9 Å². The average molecular weight is 487 g/mol. The number of hydrogen-bond acceptors (Lipinski definition) is 6. The number of rotatable bonds is 6. The number of piperidine rings is 1.